The Labute approximate surface area is 80.0 Å². The van der Waals surface area contributed by atoms with Crippen molar-refractivity contribution in [3.63, 3.8) is 0 Å². The summed E-state index contributed by atoms with van der Waals surface area (Å²) in [5.74, 6) is -12.7. The Morgan fingerprint density at radius 2 is 0.750 bits per heavy atom. The first-order chi connectivity index (χ1) is 6.62. The summed E-state index contributed by atoms with van der Waals surface area (Å²) < 4.78 is 127. The second-order valence-corrected chi connectivity index (χ2v) is 2.64. The molecular weight excluding hydrogens is 269 g/mol. The molecule has 0 saturated heterocycles. The molecule has 0 nitrogen and oxygen atoms in total. The smallest absolute Gasteiger partial charge is 0.195 e. The molecule has 0 aliphatic carbocycles. The minimum absolute atomic E-state index is 5.77. The van der Waals surface area contributed by atoms with E-state index < -0.39 is 30.4 Å². The molecule has 0 aliphatic heterocycles. The van der Waals surface area contributed by atoms with E-state index in [4.69, 9.17) is 0 Å². The molecule has 0 N–H and O–H groups in total. The van der Waals surface area contributed by atoms with Crippen molar-refractivity contribution in [3.8, 4) is 0 Å². The van der Waals surface area contributed by atoms with Crippen LogP contribution < -0.4 is 0 Å². The van der Waals surface area contributed by atoms with Crippen LogP contribution in [0.4, 0.5) is 48.3 Å². The van der Waals surface area contributed by atoms with Crippen molar-refractivity contribution in [2.45, 2.75) is 24.5 Å². The van der Waals surface area contributed by atoms with Gasteiger partial charge in [0.2, 0.25) is 5.92 Å². The van der Waals surface area contributed by atoms with Crippen molar-refractivity contribution in [1.29, 1.82) is 0 Å². The predicted octanol–water partition coefficient (Wildman–Crippen LogP) is 3.92. The van der Waals surface area contributed by atoms with Gasteiger partial charge in [-0.1, -0.05) is 0 Å². The van der Waals surface area contributed by atoms with Gasteiger partial charge in [-0.2, -0.15) is 48.3 Å². The Morgan fingerprint density at radius 1 is 0.500 bits per heavy atom. The molecule has 0 fully saturated rings. The average Bonchev–Trinajstić information content (AvgIpc) is 1.72. The maximum atomic E-state index is 12.0. The summed E-state index contributed by atoms with van der Waals surface area (Å²) in [6.45, 7) is 0. The van der Waals surface area contributed by atoms with Crippen molar-refractivity contribution in [1.82, 2.24) is 0 Å². The van der Waals surface area contributed by atoms with Crippen LogP contribution >= 0.6 is 0 Å². The number of rotatable bonds is 1. The lowest BCUT2D eigenvalue weighted by Gasteiger charge is -2.31. The van der Waals surface area contributed by atoms with Crippen LogP contribution in [0.25, 0.3) is 0 Å². The van der Waals surface area contributed by atoms with Gasteiger partial charge >= 0.3 is 24.5 Å². The summed E-state index contributed by atoms with van der Waals surface area (Å²) in [5.41, 5.74) is 0. The Morgan fingerprint density at radius 3 is 0.812 bits per heavy atom. The van der Waals surface area contributed by atoms with Gasteiger partial charge in [-0.3, -0.25) is 0 Å². The molecule has 0 radical (unpaired) electrons. The van der Waals surface area contributed by atoms with Gasteiger partial charge in [0, 0.05) is 0 Å². The second-order valence-electron chi connectivity index (χ2n) is 2.64. The van der Waals surface area contributed by atoms with Crippen LogP contribution in [-0.2, 0) is 0 Å². The third-order valence-corrected chi connectivity index (χ3v) is 1.40. The molecule has 0 rings (SSSR count). The zero-order chi connectivity index (χ0) is 13.6. The van der Waals surface area contributed by atoms with Gasteiger partial charge in [-0.05, 0) is 0 Å². The lowest BCUT2D eigenvalue weighted by molar-refractivity contribution is -0.398. The van der Waals surface area contributed by atoms with E-state index in [-0.39, 0.29) is 0 Å². The highest BCUT2D eigenvalue weighted by molar-refractivity contribution is 4.92. The van der Waals surface area contributed by atoms with Crippen molar-refractivity contribution in [2.75, 3.05) is 0 Å². The van der Waals surface area contributed by atoms with Crippen LogP contribution in [0.2, 0.25) is 0 Å². The van der Waals surface area contributed by atoms with Gasteiger partial charge in [0.1, 0.15) is 0 Å². The zero-order valence-corrected chi connectivity index (χ0v) is 6.73. The van der Waals surface area contributed by atoms with E-state index in [1.54, 1.807) is 0 Å². The highest BCUT2D eigenvalue weighted by Gasteiger charge is 2.77. The predicted molar refractivity (Wildman–Crippen MR) is 26.6 cm³/mol. The lowest BCUT2D eigenvalue weighted by atomic mass is 9.99. The summed E-state index contributed by atoms with van der Waals surface area (Å²) in [6.07, 6.45) is -20.4. The minimum atomic E-state index is -6.94. The fourth-order valence-corrected chi connectivity index (χ4v) is 0.760. The van der Waals surface area contributed by atoms with E-state index in [1.165, 1.54) is 0 Å². The molecule has 0 amide bonds. The molecule has 0 spiro atoms. The number of halogens is 11. The molecule has 0 heterocycles. The van der Waals surface area contributed by atoms with E-state index >= 15 is 0 Å². The maximum Gasteiger partial charge on any atom is 0.454 e. The summed E-state index contributed by atoms with van der Waals surface area (Å²) in [6, 6.07) is 0. The van der Waals surface area contributed by atoms with E-state index in [0.29, 0.717) is 0 Å². The molecule has 0 bridgehead atoms. The van der Waals surface area contributed by atoms with Gasteiger partial charge in [-0.25, -0.2) is 0 Å². The zero-order valence-electron chi connectivity index (χ0n) is 6.73. The van der Waals surface area contributed by atoms with Crippen molar-refractivity contribution in [3.05, 3.63) is 0 Å². The molecule has 0 aromatic rings. The Hall–Kier alpha value is -0.770. The molecule has 16 heavy (non-hydrogen) atoms. The number of hydrogen-bond donors (Lipinski definition) is 0. The third kappa shape index (κ3) is 2.88. The SMILES string of the molecule is FC(F)(F)C(C(F)(F)F)C(F)(F)C(F)(F)F. The van der Waals surface area contributed by atoms with Gasteiger partial charge in [0.25, 0.3) is 0 Å². The highest BCUT2D eigenvalue weighted by Crippen LogP contribution is 2.53. The van der Waals surface area contributed by atoms with Crippen molar-refractivity contribution in [2.24, 2.45) is 5.92 Å². The minimum Gasteiger partial charge on any atom is -0.195 e. The van der Waals surface area contributed by atoms with Crippen LogP contribution in [0, 0.1) is 5.92 Å². The molecule has 98 valence electrons. The monoisotopic (exact) mass is 270 g/mol. The van der Waals surface area contributed by atoms with Gasteiger partial charge in [0.15, 0.2) is 0 Å². The van der Waals surface area contributed by atoms with Gasteiger partial charge < -0.3 is 0 Å². The number of alkyl halides is 11. The molecule has 0 aromatic carbocycles. The van der Waals surface area contributed by atoms with Gasteiger partial charge in [0.05, 0.1) is 0 Å². The normalized spacial score (nSPS) is 15.8. The quantitative estimate of drug-likeness (QED) is 0.633. The van der Waals surface area contributed by atoms with Crippen molar-refractivity contribution >= 4 is 0 Å². The van der Waals surface area contributed by atoms with Crippen LogP contribution in [0.15, 0.2) is 0 Å². The molecular formula is C5HF11. The molecule has 0 aromatic heterocycles. The summed E-state index contributed by atoms with van der Waals surface area (Å²) >= 11 is 0. The summed E-state index contributed by atoms with van der Waals surface area (Å²) in [5, 5.41) is 0. The largest absolute Gasteiger partial charge is 0.454 e. The topological polar surface area (TPSA) is 0 Å². The van der Waals surface area contributed by atoms with Crippen molar-refractivity contribution < 1.29 is 48.3 Å². The molecule has 0 aliphatic rings. The van der Waals surface area contributed by atoms with E-state index in [9.17, 15) is 48.3 Å². The Balaban J connectivity index is 5.57. The van der Waals surface area contributed by atoms with Crippen LogP contribution in [0.3, 0.4) is 0 Å². The average molecular weight is 270 g/mol. The summed E-state index contributed by atoms with van der Waals surface area (Å²) in [4.78, 5) is 0. The van der Waals surface area contributed by atoms with E-state index in [2.05, 4.69) is 0 Å². The van der Waals surface area contributed by atoms with Gasteiger partial charge in [-0.15, -0.1) is 0 Å². The highest BCUT2D eigenvalue weighted by atomic mass is 19.4. The molecule has 0 saturated carbocycles. The Bertz CT molecular complexity index is 225. The standard InChI is InChI=1S/C5HF11/c6-2(7,5(14,15)16)1(3(8,9)10)4(11,12)13/h1H. The molecule has 0 atom stereocenters. The Kier molecular flexibility index (Phi) is 3.45. The number of hydrogen-bond acceptors (Lipinski definition) is 0. The van der Waals surface area contributed by atoms with E-state index in [0.717, 1.165) is 0 Å². The first-order valence-electron chi connectivity index (χ1n) is 3.19. The first kappa shape index (κ1) is 15.2. The van der Waals surface area contributed by atoms with Crippen LogP contribution in [0.5, 0.6) is 0 Å². The maximum absolute atomic E-state index is 12.0. The van der Waals surface area contributed by atoms with Crippen LogP contribution in [0.1, 0.15) is 0 Å². The first-order valence-corrected chi connectivity index (χ1v) is 3.19. The second kappa shape index (κ2) is 3.62. The molecule has 0 unspecified atom stereocenters. The van der Waals surface area contributed by atoms with Crippen LogP contribution in [-0.4, -0.2) is 24.5 Å². The fourth-order valence-electron chi connectivity index (χ4n) is 0.760. The fraction of sp³-hybridized carbons (Fsp3) is 1.00. The third-order valence-electron chi connectivity index (χ3n) is 1.40. The summed E-state index contributed by atoms with van der Waals surface area (Å²) in [7, 11) is 0. The molecule has 11 heteroatoms. The lowest BCUT2D eigenvalue weighted by Crippen LogP contribution is -2.56. The van der Waals surface area contributed by atoms with E-state index in [1.807, 2.05) is 0 Å².